The Labute approximate surface area is 82.1 Å². The highest BCUT2D eigenvalue weighted by atomic mass is 35.5. The average Bonchev–Trinajstić information content (AvgIpc) is 2.05. The van der Waals surface area contributed by atoms with Gasteiger partial charge in [-0.1, -0.05) is 0 Å². The zero-order valence-electron chi connectivity index (χ0n) is 6.99. The van der Waals surface area contributed by atoms with E-state index < -0.39 is 12.9 Å². The molecule has 1 aromatic carbocycles. The quantitative estimate of drug-likeness (QED) is 0.594. The lowest BCUT2D eigenvalue weighted by Crippen LogP contribution is -2.32. The third-order valence-corrected chi connectivity index (χ3v) is 1.56. The van der Waals surface area contributed by atoms with Crippen LogP contribution >= 0.6 is 12.4 Å². The highest BCUT2D eigenvalue weighted by Crippen LogP contribution is 2.05. The van der Waals surface area contributed by atoms with Gasteiger partial charge in [0.1, 0.15) is 5.82 Å². The second-order valence-electron chi connectivity index (χ2n) is 2.36. The number of benzene rings is 1. The Balaban J connectivity index is 0.00000144. The first-order chi connectivity index (χ1) is 5.65. The van der Waals surface area contributed by atoms with Gasteiger partial charge in [0.25, 0.3) is 0 Å². The summed E-state index contributed by atoms with van der Waals surface area (Å²) >= 11 is 0. The zero-order valence-corrected chi connectivity index (χ0v) is 7.81. The second kappa shape index (κ2) is 5.06. The number of hydrogen-bond donors (Lipinski definition) is 3. The van der Waals surface area contributed by atoms with E-state index in [1.165, 1.54) is 18.2 Å². The normalized spacial score (nSPS) is 8.92. The van der Waals surface area contributed by atoms with Gasteiger partial charge in [0.05, 0.1) is 0 Å². The van der Waals surface area contributed by atoms with Crippen LogP contribution < -0.4 is 10.8 Å². The number of hydrogen-bond acceptors (Lipinski definition) is 3. The largest absolute Gasteiger partial charge is 0.491 e. The maximum Gasteiger partial charge on any atom is 0.491 e. The van der Waals surface area contributed by atoms with Gasteiger partial charge >= 0.3 is 7.12 Å². The van der Waals surface area contributed by atoms with E-state index in [9.17, 15) is 4.39 Å². The Hall–Kier alpha value is -0.775. The minimum Gasteiger partial charge on any atom is -0.423 e. The molecule has 0 bridgehead atoms. The third-order valence-electron chi connectivity index (χ3n) is 1.56. The van der Waals surface area contributed by atoms with Crippen LogP contribution in [0.5, 0.6) is 0 Å². The van der Waals surface area contributed by atoms with Gasteiger partial charge in [-0.25, -0.2) is 4.39 Å². The van der Waals surface area contributed by atoms with Crippen LogP contribution in [0.1, 0.15) is 0 Å². The lowest BCUT2D eigenvalue weighted by Gasteiger charge is -2.04. The number of halogens is 2. The first kappa shape index (κ1) is 12.2. The fourth-order valence-electron chi connectivity index (χ4n) is 0.897. The molecule has 0 spiro atoms. The van der Waals surface area contributed by atoms with Crippen LogP contribution in [0.4, 0.5) is 10.1 Å². The number of nitrogens with one attached hydrogen (secondary N) is 1. The lowest BCUT2D eigenvalue weighted by molar-refractivity contribution is 0.423. The van der Waals surface area contributed by atoms with E-state index in [0.717, 1.165) is 0 Å². The van der Waals surface area contributed by atoms with E-state index in [1.807, 2.05) is 0 Å². The summed E-state index contributed by atoms with van der Waals surface area (Å²) in [6.45, 7) is 0. The van der Waals surface area contributed by atoms with Gasteiger partial charge in [-0.2, -0.15) is 0 Å². The Morgan fingerprint density at radius 1 is 1.38 bits per heavy atom. The van der Waals surface area contributed by atoms with E-state index >= 15 is 0 Å². The van der Waals surface area contributed by atoms with Crippen LogP contribution in [0, 0.1) is 5.82 Å². The van der Waals surface area contributed by atoms with Gasteiger partial charge in [-0.15, -0.1) is 12.4 Å². The minimum atomic E-state index is -1.77. The first-order valence-corrected chi connectivity index (χ1v) is 3.48. The summed E-state index contributed by atoms with van der Waals surface area (Å²) in [5, 5.41) is 20.2. The van der Waals surface area contributed by atoms with Crippen LogP contribution in [0.25, 0.3) is 0 Å². The fourth-order valence-corrected chi connectivity index (χ4v) is 0.897. The molecule has 13 heavy (non-hydrogen) atoms. The van der Waals surface area contributed by atoms with Gasteiger partial charge in [-0.05, 0) is 18.2 Å². The lowest BCUT2D eigenvalue weighted by atomic mass is 9.79. The van der Waals surface area contributed by atoms with Gasteiger partial charge in [0, 0.05) is 18.2 Å². The standard InChI is InChI=1S/C7H9BFNO2.ClH/c1-10-5-2-3-7(9)6(4-5)8(11)12;/h2-4,10-12H,1H3;1H. The summed E-state index contributed by atoms with van der Waals surface area (Å²) in [6, 6.07) is 4.04. The van der Waals surface area contributed by atoms with E-state index in [2.05, 4.69) is 5.32 Å². The Morgan fingerprint density at radius 3 is 2.46 bits per heavy atom. The summed E-state index contributed by atoms with van der Waals surface area (Å²) in [5.74, 6) is -0.621. The Bertz CT molecular complexity index is 285. The molecule has 0 fully saturated rings. The molecule has 72 valence electrons. The van der Waals surface area contributed by atoms with Crippen molar-refractivity contribution in [2.45, 2.75) is 0 Å². The van der Waals surface area contributed by atoms with Crippen LogP contribution in [0.15, 0.2) is 18.2 Å². The summed E-state index contributed by atoms with van der Waals surface area (Å²) in [6.07, 6.45) is 0. The number of rotatable bonds is 2. The monoisotopic (exact) mass is 205 g/mol. The molecule has 0 atom stereocenters. The third kappa shape index (κ3) is 2.88. The minimum absolute atomic E-state index is 0. The van der Waals surface area contributed by atoms with E-state index in [-0.39, 0.29) is 17.9 Å². The Kier molecular flexibility index (Phi) is 4.76. The molecule has 0 aliphatic heterocycles. The van der Waals surface area contributed by atoms with Crippen molar-refractivity contribution in [2.24, 2.45) is 0 Å². The Morgan fingerprint density at radius 2 is 2.00 bits per heavy atom. The molecule has 1 rings (SSSR count). The van der Waals surface area contributed by atoms with Crippen molar-refractivity contribution in [2.75, 3.05) is 12.4 Å². The highest BCUT2D eigenvalue weighted by molar-refractivity contribution is 6.58. The van der Waals surface area contributed by atoms with Crippen molar-refractivity contribution >= 4 is 30.7 Å². The average molecular weight is 205 g/mol. The predicted octanol–water partition coefficient (Wildman–Crippen LogP) is -0.0310. The SMILES string of the molecule is CNc1ccc(F)c(B(O)O)c1.Cl. The summed E-state index contributed by atoms with van der Waals surface area (Å²) in [4.78, 5) is 0. The number of anilines is 1. The molecular formula is C7H10BClFNO2. The maximum atomic E-state index is 12.8. The first-order valence-electron chi connectivity index (χ1n) is 3.48. The van der Waals surface area contributed by atoms with Crippen molar-refractivity contribution in [1.82, 2.24) is 0 Å². The van der Waals surface area contributed by atoms with Crippen LogP contribution in [-0.4, -0.2) is 24.2 Å². The molecule has 6 heteroatoms. The molecule has 0 unspecified atom stereocenters. The zero-order chi connectivity index (χ0) is 9.14. The molecule has 3 nitrogen and oxygen atoms in total. The molecule has 0 saturated carbocycles. The van der Waals surface area contributed by atoms with Crippen LogP contribution in [0.2, 0.25) is 0 Å². The smallest absolute Gasteiger partial charge is 0.423 e. The topological polar surface area (TPSA) is 52.5 Å². The summed E-state index contributed by atoms with van der Waals surface area (Å²) in [7, 11) is -0.0980. The maximum absolute atomic E-state index is 12.8. The van der Waals surface area contributed by atoms with Crippen molar-refractivity contribution in [1.29, 1.82) is 0 Å². The summed E-state index contributed by atoms with van der Waals surface area (Å²) in [5.41, 5.74) is 0.515. The van der Waals surface area contributed by atoms with Crippen LogP contribution in [0.3, 0.4) is 0 Å². The van der Waals surface area contributed by atoms with Crippen LogP contribution in [-0.2, 0) is 0 Å². The molecule has 0 aromatic heterocycles. The molecule has 0 heterocycles. The molecule has 3 N–H and O–H groups in total. The van der Waals surface area contributed by atoms with Crippen molar-refractivity contribution in [3.05, 3.63) is 24.0 Å². The van der Waals surface area contributed by atoms with E-state index in [1.54, 1.807) is 7.05 Å². The molecule has 0 amide bonds. The highest BCUT2D eigenvalue weighted by Gasteiger charge is 2.16. The molecule has 0 aliphatic carbocycles. The van der Waals surface area contributed by atoms with Gasteiger partial charge < -0.3 is 15.4 Å². The predicted molar refractivity (Wildman–Crippen MR) is 53.0 cm³/mol. The fraction of sp³-hybridized carbons (Fsp3) is 0.143. The van der Waals surface area contributed by atoms with Gasteiger partial charge in [-0.3, -0.25) is 0 Å². The summed E-state index contributed by atoms with van der Waals surface area (Å²) < 4.78 is 12.8. The molecule has 0 aliphatic rings. The van der Waals surface area contributed by atoms with Gasteiger partial charge in [0.15, 0.2) is 0 Å². The second-order valence-corrected chi connectivity index (χ2v) is 2.36. The molecule has 0 saturated heterocycles. The van der Waals surface area contributed by atoms with E-state index in [4.69, 9.17) is 10.0 Å². The molecular weight excluding hydrogens is 195 g/mol. The van der Waals surface area contributed by atoms with Gasteiger partial charge in [0.2, 0.25) is 0 Å². The van der Waals surface area contributed by atoms with Crippen molar-refractivity contribution in [3.63, 3.8) is 0 Å². The molecule has 1 aromatic rings. The van der Waals surface area contributed by atoms with Crippen molar-refractivity contribution < 1.29 is 14.4 Å². The van der Waals surface area contributed by atoms with Crippen molar-refractivity contribution in [3.8, 4) is 0 Å². The van der Waals surface area contributed by atoms with E-state index in [0.29, 0.717) is 5.69 Å². The molecule has 0 radical (unpaired) electrons.